The molecule has 1 spiro atoms. The van der Waals surface area contributed by atoms with Gasteiger partial charge in [-0.2, -0.15) is 0 Å². The maximum absolute atomic E-state index is 13.5. The molecule has 2 aliphatic rings. The van der Waals surface area contributed by atoms with E-state index in [2.05, 4.69) is 0 Å². The predicted octanol–water partition coefficient (Wildman–Crippen LogP) is 3.88. The summed E-state index contributed by atoms with van der Waals surface area (Å²) < 4.78 is 5.32. The molecule has 28 heavy (non-hydrogen) atoms. The molecule has 2 aromatic rings. The Hall–Kier alpha value is -2.82. The van der Waals surface area contributed by atoms with Crippen LogP contribution < -0.4 is 15.4 Å². The topological polar surface area (TPSA) is 72.6 Å². The smallest absolute Gasteiger partial charge is 0.248 e. The molecule has 146 valence electrons. The number of carbonyl (C=O) groups excluding carboxylic acids is 2. The first-order valence-electron chi connectivity index (χ1n) is 9.89. The largest absolute Gasteiger partial charge is 0.497 e. The fraction of sp³-hybridized carbons (Fsp3) is 0.391. The third kappa shape index (κ3) is 3.15. The van der Waals surface area contributed by atoms with E-state index in [0.29, 0.717) is 5.56 Å². The number of primary amides is 1. The summed E-state index contributed by atoms with van der Waals surface area (Å²) in [6.07, 6.45) is 4.49. The van der Waals surface area contributed by atoms with Gasteiger partial charge < -0.3 is 15.4 Å². The van der Waals surface area contributed by atoms with Crippen LogP contribution in [0.4, 0.5) is 5.69 Å². The van der Waals surface area contributed by atoms with E-state index in [-0.39, 0.29) is 17.2 Å². The Balaban J connectivity index is 1.61. The second-order valence-electron chi connectivity index (χ2n) is 7.93. The van der Waals surface area contributed by atoms with E-state index in [0.717, 1.165) is 55.6 Å². The number of nitrogens with two attached hydrogens (primary N) is 1. The number of ether oxygens (including phenoxy) is 1. The summed E-state index contributed by atoms with van der Waals surface area (Å²) in [4.78, 5) is 27.2. The first-order chi connectivity index (χ1) is 13.5. The first kappa shape index (κ1) is 18.5. The summed E-state index contributed by atoms with van der Waals surface area (Å²) in [7, 11) is 1.63. The highest BCUT2D eigenvalue weighted by molar-refractivity contribution is 6.00. The van der Waals surface area contributed by atoms with E-state index in [9.17, 15) is 9.59 Å². The Morgan fingerprint density at radius 2 is 2.00 bits per heavy atom. The van der Waals surface area contributed by atoms with Crippen molar-refractivity contribution in [2.45, 2.75) is 38.0 Å². The van der Waals surface area contributed by atoms with Crippen LogP contribution in [0.25, 0.3) is 0 Å². The van der Waals surface area contributed by atoms with Gasteiger partial charge in [0.1, 0.15) is 5.75 Å². The average molecular weight is 378 g/mol. The number of amides is 2. The molecule has 5 heteroatoms. The molecule has 1 aliphatic heterocycles. The van der Waals surface area contributed by atoms with E-state index in [1.54, 1.807) is 13.2 Å². The van der Waals surface area contributed by atoms with Crippen molar-refractivity contribution in [2.24, 2.45) is 11.1 Å². The molecule has 5 nitrogen and oxygen atoms in total. The highest BCUT2D eigenvalue weighted by atomic mass is 16.5. The van der Waals surface area contributed by atoms with E-state index in [1.165, 1.54) is 0 Å². The van der Waals surface area contributed by atoms with E-state index >= 15 is 0 Å². The van der Waals surface area contributed by atoms with Gasteiger partial charge in [-0.05, 0) is 55.4 Å². The third-order valence-corrected chi connectivity index (χ3v) is 6.39. The molecule has 1 saturated heterocycles. The molecule has 1 aliphatic carbocycles. The summed E-state index contributed by atoms with van der Waals surface area (Å²) in [6, 6.07) is 15.2. The Morgan fingerprint density at radius 1 is 1.18 bits per heavy atom. The summed E-state index contributed by atoms with van der Waals surface area (Å²) in [5.74, 6) is 0.739. The minimum Gasteiger partial charge on any atom is -0.497 e. The zero-order valence-corrected chi connectivity index (χ0v) is 16.2. The summed E-state index contributed by atoms with van der Waals surface area (Å²) in [6.45, 7) is 0.718. The number of carbonyl (C=O) groups is 2. The van der Waals surface area contributed by atoms with E-state index < -0.39 is 5.91 Å². The van der Waals surface area contributed by atoms with Crippen LogP contribution in [0.2, 0.25) is 0 Å². The molecule has 2 fully saturated rings. The van der Waals surface area contributed by atoms with Crippen molar-refractivity contribution in [3.8, 4) is 5.75 Å². The molecule has 2 unspecified atom stereocenters. The predicted molar refractivity (Wildman–Crippen MR) is 109 cm³/mol. The fourth-order valence-electron chi connectivity index (χ4n) is 4.97. The van der Waals surface area contributed by atoms with Crippen LogP contribution in [0, 0.1) is 5.41 Å². The molecule has 1 saturated carbocycles. The van der Waals surface area contributed by atoms with Crippen molar-refractivity contribution in [3.05, 3.63) is 59.7 Å². The molecule has 0 radical (unpaired) electrons. The third-order valence-electron chi connectivity index (χ3n) is 6.39. The molecular weight excluding hydrogens is 352 g/mol. The minimum atomic E-state index is -0.397. The number of hydrogen-bond acceptors (Lipinski definition) is 3. The number of hydrogen-bond donors (Lipinski definition) is 1. The number of benzene rings is 2. The van der Waals surface area contributed by atoms with E-state index in [4.69, 9.17) is 10.5 Å². The second-order valence-corrected chi connectivity index (χ2v) is 7.93. The number of anilines is 1. The molecule has 2 atom stereocenters. The van der Waals surface area contributed by atoms with Gasteiger partial charge in [-0.25, -0.2) is 0 Å². The molecular formula is C23H26N2O3. The lowest BCUT2D eigenvalue weighted by Crippen LogP contribution is -2.38. The Labute approximate surface area is 165 Å². The normalized spacial score (nSPS) is 24.5. The average Bonchev–Trinajstić information content (AvgIpc) is 3.03. The van der Waals surface area contributed by atoms with Crippen LogP contribution in [-0.4, -0.2) is 25.5 Å². The summed E-state index contributed by atoms with van der Waals surface area (Å²) in [5.41, 5.74) is 7.70. The van der Waals surface area contributed by atoms with Crippen molar-refractivity contribution in [1.82, 2.24) is 0 Å². The van der Waals surface area contributed by atoms with Crippen molar-refractivity contribution < 1.29 is 14.3 Å². The van der Waals surface area contributed by atoms with Gasteiger partial charge in [0.25, 0.3) is 0 Å². The minimum absolute atomic E-state index is 0.187. The van der Waals surface area contributed by atoms with Gasteiger partial charge in [0.2, 0.25) is 11.8 Å². The lowest BCUT2D eigenvalue weighted by molar-refractivity contribution is -0.127. The molecule has 2 N–H and O–H groups in total. The van der Waals surface area contributed by atoms with Gasteiger partial charge in [0.05, 0.1) is 12.5 Å². The van der Waals surface area contributed by atoms with Gasteiger partial charge in [-0.3, -0.25) is 9.59 Å². The number of rotatable bonds is 4. The quantitative estimate of drug-likeness (QED) is 0.878. The van der Waals surface area contributed by atoms with Crippen LogP contribution in [0.5, 0.6) is 5.75 Å². The first-order valence-corrected chi connectivity index (χ1v) is 9.89. The van der Waals surface area contributed by atoms with Crippen LogP contribution in [0.1, 0.15) is 53.9 Å². The second kappa shape index (κ2) is 7.30. The number of nitrogens with zero attached hydrogens (tertiary/aromatic N) is 1. The Morgan fingerprint density at radius 3 is 2.79 bits per heavy atom. The van der Waals surface area contributed by atoms with Crippen LogP contribution in [0.15, 0.2) is 48.5 Å². The molecule has 0 aromatic heterocycles. The Kier molecular flexibility index (Phi) is 4.84. The molecule has 0 bridgehead atoms. The fourth-order valence-corrected chi connectivity index (χ4v) is 4.97. The van der Waals surface area contributed by atoms with Gasteiger partial charge in [-0.15, -0.1) is 0 Å². The van der Waals surface area contributed by atoms with Crippen LogP contribution >= 0.6 is 0 Å². The zero-order valence-electron chi connectivity index (χ0n) is 16.2. The van der Waals surface area contributed by atoms with E-state index in [1.807, 2.05) is 47.4 Å². The maximum atomic E-state index is 13.5. The highest BCUT2D eigenvalue weighted by Crippen LogP contribution is 2.51. The van der Waals surface area contributed by atoms with Gasteiger partial charge in [0, 0.05) is 23.9 Å². The van der Waals surface area contributed by atoms with Crippen molar-refractivity contribution in [3.63, 3.8) is 0 Å². The molecule has 2 amide bonds. The van der Waals surface area contributed by atoms with Crippen molar-refractivity contribution in [2.75, 3.05) is 18.6 Å². The van der Waals surface area contributed by atoms with Crippen LogP contribution in [-0.2, 0) is 4.79 Å². The molecule has 4 rings (SSSR count). The van der Waals surface area contributed by atoms with Crippen LogP contribution in [0.3, 0.4) is 0 Å². The molecule has 2 aromatic carbocycles. The zero-order chi connectivity index (χ0) is 19.7. The monoisotopic (exact) mass is 378 g/mol. The van der Waals surface area contributed by atoms with Gasteiger partial charge in [-0.1, -0.05) is 30.7 Å². The standard InChI is InChI=1S/C23H26N2O3/c1-28-18-8-4-7-17(14-18)25-13-12-23(22(25)27)11-5-6-16(15-23)19-9-2-3-10-20(19)21(24)26/h2-4,7-10,14,16H,5-6,11-13,15H2,1H3,(H2,24,26). The highest BCUT2D eigenvalue weighted by Gasteiger charge is 2.49. The maximum Gasteiger partial charge on any atom is 0.248 e. The lowest BCUT2D eigenvalue weighted by Gasteiger charge is -2.37. The summed E-state index contributed by atoms with van der Waals surface area (Å²) >= 11 is 0. The number of methoxy groups -OCH3 is 1. The van der Waals surface area contributed by atoms with Crippen molar-refractivity contribution >= 4 is 17.5 Å². The lowest BCUT2D eigenvalue weighted by atomic mass is 9.66. The molecule has 1 heterocycles. The van der Waals surface area contributed by atoms with Gasteiger partial charge in [0.15, 0.2) is 0 Å². The van der Waals surface area contributed by atoms with Gasteiger partial charge >= 0.3 is 0 Å². The summed E-state index contributed by atoms with van der Waals surface area (Å²) in [5, 5.41) is 0. The Bertz CT molecular complexity index is 910. The SMILES string of the molecule is COc1cccc(N2CCC3(CCCC(c4ccccc4C(N)=O)C3)C2=O)c1. The van der Waals surface area contributed by atoms with Crippen molar-refractivity contribution in [1.29, 1.82) is 0 Å².